The second-order valence-electron chi connectivity index (χ2n) is 7.13. The van der Waals surface area contributed by atoms with Gasteiger partial charge in [-0.05, 0) is 43.7 Å². The van der Waals surface area contributed by atoms with Crippen molar-refractivity contribution in [2.75, 3.05) is 6.54 Å². The van der Waals surface area contributed by atoms with E-state index in [1.165, 1.54) is 16.7 Å². The zero-order valence-corrected chi connectivity index (χ0v) is 17.5. The number of amides is 1. The van der Waals surface area contributed by atoms with Crippen LogP contribution in [0.4, 0.5) is 4.39 Å². The SMILES string of the molecule is Cc1c(C(C)C(=O)NCCC(=O)O)c2cc(O)c(F)cc2n1C(=O)c1cccc(Cl)c1. The van der Waals surface area contributed by atoms with Gasteiger partial charge >= 0.3 is 5.97 Å². The molecule has 0 saturated carbocycles. The molecule has 162 valence electrons. The first-order valence-electron chi connectivity index (χ1n) is 9.45. The maximum absolute atomic E-state index is 14.2. The van der Waals surface area contributed by atoms with Gasteiger partial charge < -0.3 is 15.5 Å². The summed E-state index contributed by atoms with van der Waals surface area (Å²) in [6.07, 6.45) is -0.238. The fraction of sp³-hybridized carbons (Fsp3) is 0.227. The fourth-order valence-corrected chi connectivity index (χ4v) is 3.77. The van der Waals surface area contributed by atoms with E-state index < -0.39 is 35.3 Å². The van der Waals surface area contributed by atoms with Crippen LogP contribution in [0.3, 0.4) is 0 Å². The molecule has 0 aliphatic heterocycles. The number of aliphatic carboxylic acids is 1. The maximum Gasteiger partial charge on any atom is 0.305 e. The van der Waals surface area contributed by atoms with Crippen molar-refractivity contribution in [3.63, 3.8) is 0 Å². The molecule has 0 radical (unpaired) electrons. The number of benzene rings is 2. The summed E-state index contributed by atoms with van der Waals surface area (Å²) in [6, 6.07) is 8.49. The van der Waals surface area contributed by atoms with Crippen molar-refractivity contribution in [1.82, 2.24) is 9.88 Å². The maximum atomic E-state index is 14.2. The van der Waals surface area contributed by atoms with Crippen molar-refractivity contribution in [2.24, 2.45) is 0 Å². The molecule has 31 heavy (non-hydrogen) atoms. The van der Waals surface area contributed by atoms with Crippen molar-refractivity contribution in [3.05, 3.63) is 64.1 Å². The van der Waals surface area contributed by atoms with Crippen LogP contribution in [-0.4, -0.2) is 39.1 Å². The topological polar surface area (TPSA) is 109 Å². The smallest absolute Gasteiger partial charge is 0.305 e. The van der Waals surface area contributed by atoms with Gasteiger partial charge in [0.2, 0.25) is 5.91 Å². The third-order valence-corrected chi connectivity index (χ3v) is 5.30. The highest BCUT2D eigenvalue weighted by Gasteiger charge is 2.27. The molecule has 0 fully saturated rings. The molecular weight excluding hydrogens is 427 g/mol. The van der Waals surface area contributed by atoms with E-state index in [9.17, 15) is 23.9 Å². The number of aromatic hydroxyl groups is 1. The highest BCUT2D eigenvalue weighted by atomic mass is 35.5. The molecule has 1 heterocycles. The molecular formula is C22H20ClFN2O5. The minimum Gasteiger partial charge on any atom is -0.505 e. The fourth-order valence-electron chi connectivity index (χ4n) is 3.58. The van der Waals surface area contributed by atoms with Crippen LogP contribution in [0.5, 0.6) is 5.75 Å². The predicted octanol–water partition coefficient (Wildman–Crippen LogP) is 3.83. The number of halogens is 2. The second-order valence-corrected chi connectivity index (χ2v) is 7.56. The van der Waals surface area contributed by atoms with Gasteiger partial charge in [-0.25, -0.2) is 4.39 Å². The number of carbonyl (C=O) groups is 3. The summed E-state index contributed by atoms with van der Waals surface area (Å²) in [4.78, 5) is 36.5. The van der Waals surface area contributed by atoms with Gasteiger partial charge in [-0.2, -0.15) is 0 Å². The number of nitrogens with one attached hydrogen (secondary N) is 1. The number of aromatic nitrogens is 1. The summed E-state index contributed by atoms with van der Waals surface area (Å²) in [7, 11) is 0. The molecule has 1 amide bonds. The molecule has 3 rings (SSSR count). The summed E-state index contributed by atoms with van der Waals surface area (Å²) < 4.78 is 15.4. The molecule has 2 aromatic carbocycles. The van der Waals surface area contributed by atoms with Crippen molar-refractivity contribution < 1.29 is 29.0 Å². The Bertz CT molecular complexity index is 1200. The number of fused-ring (bicyclic) bond motifs is 1. The number of phenols is 1. The lowest BCUT2D eigenvalue weighted by Crippen LogP contribution is -2.30. The van der Waals surface area contributed by atoms with Crippen LogP contribution in [0.15, 0.2) is 36.4 Å². The Morgan fingerprint density at radius 2 is 1.94 bits per heavy atom. The average molecular weight is 447 g/mol. The molecule has 0 saturated heterocycles. The van der Waals surface area contributed by atoms with Gasteiger partial charge in [-0.1, -0.05) is 17.7 Å². The van der Waals surface area contributed by atoms with Crippen molar-refractivity contribution >= 4 is 40.3 Å². The molecule has 0 bridgehead atoms. The van der Waals surface area contributed by atoms with Gasteiger partial charge in [-0.3, -0.25) is 19.0 Å². The lowest BCUT2D eigenvalue weighted by molar-refractivity contribution is -0.136. The summed E-state index contributed by atoms with van der Waals surface area (Å²) >= 11 is 6.00. The number of carbonyl (C=O) groups excluding carboxylic acids is 2. The quantitative estimate of drug-likeness (QED) is 0.533. The molecule has 9 heteroatoms. The summed E-state index contributed by atoms with van der Waals surface area (Å²) in [5.74, 6) is -4.29. The Balaban J connectivity index is 2.13. The molecule has 3 aromatic rings. The summed E-state index contributed by atoms with van der Waals surface area (Å²) in [5.41, 5.74) is 1.28. The Labute approximate surface area is 182 Å². The van der Waals surface area contributed by atoms with Gasteiger partial charge in [0.1, 0.15) is 0 Å². The second kappa shape index (κ2) is 8.77. The molecule has 7 nitrogen and oxygen atoms in total. The molecule has 0 aliphatic rings. The Hall–Kier alpha value is -3.39. The number of rotatable bonds is 6. The molecule has 1 unspecified atom stereocenters. The Kier molecular flexibility index (Phi) is 6.31. The van der Waals surface area contributed by atoms with Crippen LogP contribution in [0.2, 0.25) is 5.02 Å². The van der Waals surface area contributed by atoms with Crippen molar-refractivity contribution in [2.45, 2.75) is 26.2 Å². The van der Waals surface area contributed by atoms with Crippen molar-refractivity contribution in [1.29, 1.82) is 0 Å². The molecule has 1 aromatic heterocycles. The van der Waals surface area contributed by atoms with E-state index in [2.05, 4.69) is 5.32 Å². The number of nitrogens with zero attached hydrogens (tertiary/aromatic N) is 1. The van der Waals surface area contributed by atoms with Gasteiger partial charge in [0.15, 0.2) is 11.6 Å². The molecule has 1 atom stereocenters. The summed E-state index contributed by atoms with van der Waals surface area (Å²) in [6.45, 7) is 3.15. The minimum atomic E-state index is -1.05. The van der Waals surface area contributed by atoms with E-state index in [4.69, 9.17) is 16.7 Å². The number of carboxylic acid groups (broad SMARTS) is 1. The summed E-state index contributed by atoms with van der Waals surface area (Å²) in [5, 5.41) is 21.9. The van der Waals surface area contributed by atoms with Crippen LogP contribution in [-0.2, 0) is 9.59 Å². The minimum absolute atomic E-state index is 0.0580. The van der Waals surface area contributed by atoms with Crippen LogP contribution >= 0.6 is 11.6 Å². The lowest BCUT2D eigenvalue weighted by Gasteiger charge is -2.13. The standard InChI is InChI=1S/C22H20ClFN2O5/c1-11(21(30)25-7-6-19(28)29)20-12(2)26(17-10-16(24)18(27)9-15(17)20)22(31)13-4-3-5-14(23)8-13/h3-5,8-11,27H,6-7H2,1-2H3,(H,25,30)(H,28,29). The Morgan fingerprint density at radius 1 is 1.23 bits per heavy atom. The van der Waals surface area contributed by atoms with E-state index >= 15 is 0 Å². The van der Waals surface area contributed by atoms with Gasteiger partial charge in [-0.15, -0.1) is 0 Å². The van der Waals surface area contributed by atoms with Gasteiger partial charge in [0, 0.05) is 34.3 Å². The number of carboxylic acids is 1. The average Bonchev–Trinajstić information content (AvgIpc) is 2.97. The first-order valence-corrected chi connectivity index (χ1v) is 9.82. The normalized spacial score (nSPS) is 12.0. The van der Waals surface area contributed by atoms with E-state index in [0.717, 1.165) is 6.07 Å². The largest absolute Gasteiger partial charge is 0.505 e. The highest BCUT2D eigenvalue weighted by molar-refractivity contribution is 6.31. The van der Waals surface area contributed by atoms with E-state index in [-0.39, 0.29) is 24.0 Å². The Morgan fingerprint density at radius 3 is 2.58 bits per heavy atom. The monoisotopic (exact) mass is 446 g/mol. The third-order valence-electron chi connectivity index (χ3n) is 5.06. The van der Waals surface area contributed by atoms with Gasteiger partial charge in [0.05, 0.1) is 17.9 Å². The lowest BCUT2D eigenvalue weighted by atomic mass is 9.96. The molecule has 3 N–H and O–H groups in total. The number of hydrogen-bond acceptors (Lipinski definition) is 4. The zero-order valence-electron chi connectivity index (χ0n) is 16.8. The number of hydrogen-bond donors (Lipinski definition) is 3. The van der Waals surface area contributed by atoms with Gasteiger partial charge in [0.25, 0.3) is 5.91 Å². The van der Waals surface area contributed by atoms with Crippen LogP contribution in [0.25, 0.3) is 10.9 Å². The first kappa shape index (κ1) is 22.3. The van der Waals surface area contributed by atoms with E-state index in [1.807, 2.05) is 0 Å². The third kappa shape index (κ3) is 4.39. The van der Waals surface area contributed by atoms with Crippen LogP contribution in [0, 0.1) is 12.7 Å². The van der Waals surface area contributed by atoms with Crippen LogP contribution < -0.4 is 5.32 Å². The van der Waals surface area contributed by atoms with E-state index in [1.54, 1.807) is 32.0 Å². The zero-order chi connectivity index (χ0) is 22.9. The first-order chi connectivity index (χ1) is 14.6. The number of phenolic OH excluding ortho intramolecular Hbond substituents is 1. The van der Waals surface area contributed by atoms with E-state index in [0.29, 0.717) is 21.7 Å². The van der Waals surface area contributed by atoms with Crippen molar-refractivity contribution in [3.8, 4) is 5.75 Å². The molecule has 0 aliphatic carbocycles. The predicted molar refractivity (Wildman–Crippen MR) is 113 cm³/mol. The molecule has 0 spiro atoms. The highest BCUT2D eigenvalue weighted by Crippen LogP contribution is 2.36. The van der Waals surface area contributed by atoms with Crippen LogP contribution in [0.1, 0.15) is 40.9 Å².